The van der Waals surface area contributed by atoms with E-state index in [2.05, 4.69) is 12.6 Å². The maximum atomic E-state index is 13.1. The van der Waals surface area contributed by atoms with Gasteiger partial charge in [-0.25, -0.2) is 4.79 Å². The first-order chi connectivity index (χ1) is 13.0. The molecule has 3 rings (SSSR count). The normalized spacial score (nSPS) is 12.0. The Morgan fingerprint density at radius 2 is 1.63 bits per heavy atom. The number of hydrogen-bond acceptors (Lipinski definition) is 4. The summed E-state index contributed by atoms with van der Waals surface area (Å²) in [6, 6.07) is 17.9. The zero-order chi connectivity index (χ0) is 19.4. The highest BCUT2D eigenvalue weighted by Gasteiger charge is 2.26. The number of nitrogens with zero attached hydrogens (tertiary/aromatic N) is 2. The van der Waals surface area contributed by atoms with Crippen molar-refractivity contribution >= 4 is 18.6 Å². The van der Waals surface area contributed by atoms with E-state index in [9.17, 15) is 19.8 Å². The molecule has 0 aliphatic rings. The van der Waals surface area contributed by atoms with Gasteiger partial charge in [0.2, 0.25) is 5.88 Å². The second kappa shape index (κ2) is 8.18. The third kappa shape index (κ3) is 3.93. The minimum atomic E-state index is -1.13. The molecule has 2 N–H and O–H groups in total. The lowest BCUT2D eigenvalue weighted by atomic mass is 10.1. The molecule has 0 saturated heterocycles. The summed E-state index contributed by atoms with van der Waals surface area (Å²) in [4.78, 5) is 24.4. The Hall–Kier alpha value is -2.93. The Labute approximate surface area is 161 Å². The number of benzene rings is 2. The third-order valence-corrected chi connectivity index (χ3v) is 4.80. The lowest BCUT2D eigenvalue weighted by Gasteiger charge is -2.16. The number of carbonyl (C=O) groups is 1. The van der Waals surface area contributed by atoms with Gasteiger partial charge in [0, 0.05) is 5.75 Å². The van der Waals surface area contributed by atoms with Gasteiger partial charge >= 0.3 is 11.7 Å². The van der Waals surface area contributed by atoms with Crippen LogP contribution in [0.3, 0.4) is 0 Å². The zero-order valence-corrected chi connectivity index (χ0v) is 15.4. The van der Waals surface area contributed by atoms with E-state index >= 15 is 0 Å². The Morgan fingerprint density at radius 3 is 2.19 bits per heavy atom. The SMILES string of the molecule is O=C(O)Cc1c(O)n(C(CS)Cc2ccccc2)c(=O)n1-c1ccccc1. The number of carboxylic acid groups (broad SMARTS) is 1. The van der Waals surface area contributed by atoms with Crippen molar-refractivity contribution in [2.75, 3.05) is 5.75 Å². The molecule has 0 bridgehead atoms. The number of para-hydroxylation sites is 1. The maximum Gasteiger partial charge on any atom is 0.336 e. The van der Waals surface area contributed by atoms with Gasteiger partial charge in [-0.1, -0.05) is 48.5 Å². The summed E-state index contributed by atoms with van der Waals surface area (Å²) in [6.07, 6.45) is 0.0245. The standard InChI is InChI=1S/C20H20N2O4S/c23-18(24)12-17-19(25)22(16(13-27)11-14-7-3-1-4-8-14)20(26)21(17)15-9-5-2-6-10-15/h1-10,16,25,27H,11-13H2,(H,23,24). The van der Waals surface area contributed by atoms with Crippen LogP contribution in [0.5, 0.6) is 5.88 Å². The molecule has 0 fully saturated rings. The third-order valence-electron chi connectivity index (χ3n) is 4.38. The molecule has 6 nitrogen and oxygen atoms in total. The van der Waals surface area contributed by atoms with Crippen molar-refractivity contribution in [1.29, 1.82) is 0 Å². The summed E-state index contributed by atoms with van der Waals surface area (Å²) >= 11 is 4.36. The van der Waals surface area contributed by atoms with Crippen molar-refractivity contribution in [3.63, 3.8) is 0 Å². The first-order valence-electron chi connectivity index (χ1n) is 8.50. The highest BCUT2D eigenvalue weighted by Crippen LogP contribution is 2.26. The molecular formula is C20H20N2O4S. The van der Waals surface area contributed by atoms with E-state index in [1.165, 1.54) is 9.13 Å². The van der Waals surface area contributed by atoms with E-state index in [4.69, 9.17) is 0 Å². The van der Waals surface area contributed by atoms with E-state index in [0.717, 1.165) is 5.56 Å². The Kier molecular flexibility index (Phi) is 5.71. The number of aromatic nitrogens is 2. The lowest BCUT2D eigenvalue weighted by Crippen LogP contribution is -2.29. The van der Waals surface area contributed by atoms with Crippen molar-refractivity contribution < 1.29 is 15.0 Å². The fraction of sp³-hybridized carbons (Fsp3) is 0.200. The molecular weight excluding hydrogens is 364 g/mol. The number of imidazole rings is 1. The number of aromatic hydroxyl groups is 1. The van der Waals surface area contributed by atoms with Crippen molar-refractivity contribution in [2.45, 2.75) is 18.9 Å². The molecule has 0 aliphatic carbocycles. The number of rotatable bonds is 7. The topological polar surface area (TPSA) is 84.5 Å². The summed E-state index contributed by atoms with van der Waals surface area (Å²) in [7, 11) is 0. The molecule has 7 heteroatoms. The molecule has 0 spiro atoms. The van der Waals surface area contributed by atoms with Crippen molar-refractivity contribution in [1.82, 2.24) is 9.13 Å². The molecule has 0 radical (unpaired) electrons. The van der Waals surface area contributed by atoms with Crippen LogP contribution in [0.1, 0.15) is 17.3 Å². The fourth-order valence-electron chi connectivity index (χ4n) is 3.15. The maximum absolute atomic E-state index is 13.1. The molecule has 0 amide bonds. The second-order valence-electron chi connectivity index (χ2n) is 6.19. The van der Waals surface area contributed by atoms with Crippen LogP contribution in [0.15, 0.2) is 65.5 Å². The molecule has 1 atom stereocenters. The van der Waals surface area contributed by atoms with E-state index in [1.807, 2.05) is 30.3 Å². The average Bonchev–Trinajstić information content (AvgIpc) is 2.91. The van der Waals surface area contributed by atoms with Crippen molar-refractivity contribution in [3.8, 4) is 11.6 Å². The van der Waals surface area contributed by atoms with Gasteiger partial charge in [0.25, 0.3) is 0 Å². The highest BCUT2D eigenvalue weighted by atomic mass is 32.1. The smallest absolute Gasteiger partial charge is 0.336 e. The summed E-state index contributed by atoms with van der Waals surface area (Å²) in [5, 5.41) is 20.0. The van der Waals surface area contributed by atoms with Crippen LogP contribution in [-0.4, -0.2) is 31.1 Å². The van der Waals surface area contributed by atoms with Gasteiger partial charge in [-0.2, -0.15) is 12.6 Å². The number of hydrogen-bond donors (Lipinski definition) is 3. The van der Waals surface area contributed by atoms with Crippen molar-refractivity contribution in [3.05, 3.63) is 82.4 Å². The van der Waals surface area contributed by atoms with E-state index < -0.39 is 24.1 Å². The number of thiol groups is 1. The van der Waals surface area contributed by atoms with E-state index in [1.54, 1.807) is 30.3 Å². The molecule has 1 unspecified atom stereocenters. The minimum Gasteiger partial charge on any atom is -0.493 e. The zero-order valence-electron chi connectivity index (χ0n) is 14.5. The predicted molar refractivity (Wildman–Crippen MR) is 106 cm³/mol. The number of carboxylic acids is 1. The van der Waals surface area contributed by atoms with Gasteiger partial charge in [0.05, 0.1) is 23.8 Å². The summed E-state index contributed by atoms with van der Waals surface area (Å²) in [6.45, 7) is 0. The summed E-state index contributed by atoms with van der Waals surface area (Å²) < 4.78 is 2.50. The summed E-state index contributed by atoms with van der Waals surface area (Å²) in [5.41, 5.74) is 1.07. The largest absolute Gasteiger partial charge is 0.493 e. The van der Waals surface area contributed by atoms with Crippen LogP contribution in [-0.2, 0) is 17.6 Å². The summed E-state index contributed by atoms with van der Waals surface area (Å²) in [5.74, 6) is -1.15. The molecule has 1 aromatic heterocycles. The van der Waals surface area contributed by atoms with Gasteiger partial charge in [0.1, 0.15) is 0 Å². The number of aliphatic carboxylic acids is 1. The van der Waals surface area contributed by atoms with E-state index in [-0.39, 0.29) is 11.6 Å². The van der Waals surface area contributed by atoms with Crippen LogP contribution in [0, 0.1) is 0 Å². The molecule has 0 saturated carbocycles. The van der Waals surface area contributed by atoms with Gasteiger partial charge in [0.15, 0.2) is 0 Å². The van der Waals surface area contributed by atoms with Gasteiger partial charge in [-0.05, 0) is 24.1 Å². The fourth-order valence-corrected chi connectivity index (χ4v) is 3.44. The first-order valence-corrected chi connectivity index (χ1v) is 9.13. The van der Waals surface area contributed by atoms with Crippen LogP contribution < -0.4 is 5.69 Å². The molecule has 3 aromatic rings. The van der Waals surface area contributed by atoms with Crippen LogP contribution >= 0.6 is 12.6 Å². The minimum absolute atomic E-state index is 0.0542. The first kappa shape index (κ1) is 18.8. The quantitative estimate of drug-likeness (QED) is 0.547. The van der Waals surface area contributed by atoms with Crippen LogP contribution in [0.4, 0.5) is 0 Å². The van der Waals surface area contributed by atoms with Gasteiger partial charge in [-0.3, -0.25) is 13.9 Å². The lowest BCUT2D eigenvalue weighted by molar-refractivity contribution is -0.136. The van der Waals surface area contributed by atoms with E-state index in [0.29, 0.717) is 17.9 Å². The molecule has 140 valence electrons. The van der Waals surface area contributed by atoms with Gasteiger partial charge in [-0.15, -0.1) is 0 Å². The predicted octanol–water partition coefficient (Wildman–Crippen LogP) is 2.69. The monoisotopic (exact) mass is 384 g/mol. The Bertz CT molecular complexity index is 980. The second-order valence-corrected chi connectivity index (χ2v) is 6.56. The highest BCUT2D eigenvalue weighted by molar-refractivity contribution is 7.80. The molecule has 2 aromatic carbocycles. The Balaban J connectivity index is 2.14. The van der Waals surface area contributed by atoms with Crippen LogP contribution in [0.25, 0.3) is 5.69 Å². The van der Waals surface area contributed by atoms with Crippen LogP contribution in [0.2, 0.25) is 0 Å². The molecule has 0 aliphatic heterocycles. The average molecular weight is 384 g/mol. The molecule has 1 heterocycles. The Morgan fingerprint density at radius 1 is 1.04 bits per heavy atom. The van der Waals surface area contributed by atoms with Crippen molar-refractivity contribution in [2.24, 2.45) is 0 Å². The van der Waals surface area contributed by atoms with Gasteiger partial charge < -0.3 is 10.2 Å². The molecule has 27 heavy (non-hydrogen) atoms.